The minimum atomic E-state index is -0.367. The lowest BCUT2D eigenvalue weighted by atomic mass is 9.83. The molecule has 4 aromatic carbocycles. The number of benzene rings is 4. The SMILES string of the molecule is COc1c(C(CBr)C(=O)C(CBr)c2ccc3ccccc3c2OC)ccc2ccccc12. The highest BCUT2D eigenvalue weighted by Gasteiger charge is 2.32. The molecule has 0 aromatic heterocycles. The van der Waals surface area contributed by atoms with Gasteiger partial charge in [0.05, 0.1) is 26.1 Å². The summed E-state index contributed by atoms with van der Waals surface area (Å²) in [6.07, 6.45) is 0. The lowest BCUT2D eigenvalue weighted by molar-refractivity contribution is -0.121. The predicted molar refractivity (Wildman–Crippen MR) is 139 cm³/mol. The van der Waals surface area contributed by atoms with Crippen molar-refractivity contribution in [2.75, 3.05) is 24.9 Å². The summed E-state index contributed by atoms with van der Waals surface area (Å²) < 4.78 is 11.6. The molecule has 0 saturated heterocycles. The van der Waals surface area contributed by atoms with Crippen LogP contribution in [0.25, 0.3) is 21.5 Å². The fourth-order valence-electron chi connectivity index (χ4n) is 4.39. The molecule has 0 amide bonds. The first kappa shape index (κ1) is 22.8. The average molecular weight is 556 g/mol. The summed E-state index contributed by atoms with van der Waals surface area (Å²) in [5, 5.41) is 5.18. The highest BCUT2D eigenvalue weighted by molar-refractivity contribution is 9.09. The van der Waals surface area contributed by atoms with Crippen LogP contribution in [0.5, 0.6) is 11.5 Å². The smallest absolute Gasteiger partial charge is 0.149 e. The van der Waals surface area contributed by atoms with E-state index in [-0.39, 0.29) is 17.6 Å². The Morgan fingerprint density at radius 1 is 0.688 bits per heavy atom. The van der Waals surface area contributed by atoms with Gasteiger partial charge in [0.2, 0.25) is 0 Å². The number of halogens is 2. The minimum absolute atomic E-state index is 0.112. The Bertz CT molecular complexity index is 1170. The van der Waals surface area contributed by atoms with Gasteiger partial charge in [-0.1, -0.05) is 105 Å². The number of hydrogen-bond donors (Lipinski definition) is 0. The third-order valence-corrected chi connectivity index (χ3v) is 7.27. The summed E-state index contributed by atoms with van der Waals surface area (Å²) in [5.41, 5.74) is 1.78. The van der Waals surface area contributed by atoms with Crippen molar-refractivity contribution in [3.8, 4) is 11.5 Å². The fourth-order valence-corrected chi connectivity index (χ4v) is 5.73. The van der Waals surface area contributed by atoms with E-state index in [2.05, 4.69) is 44.0 Å². The van der Waals surface area contributed by atoms with Gasteiger partial charge in [0, 0.05) is 32.6 Å². The Morgan fingerprint density at radius 2 is 1.09 bits per heavy atom. The van der Waals surface area contributed by atoms with Gasteiger partial charge in [0.15, 0.2) is 0 Å². The quantitative estimate of drug-likeness (QED) is 0.215. The molecule has 0 heterocycles. The maximum Gasteiger partial charge on any atom is 0.149 e. The van der Waals surface area contributed by atoms with E-state index in [1.54, 1.807) is 14.2 Å². The normalized spacial score (nSPS) is 13.1. The highest BCUT2D eigenvalue weighted by atomic mass is 79.9. The van der Waals surface area contributed by atoms with Gasteiger partial charge in [-0.25, -0.2) is 0 Å². The Labute approximate surface area is 205 Å². The Morgan fingerprint density at radius 3 is 1.47 bits per heavy atom. The van der Waals surface area contributed by atoms with Crippen LogP contribution < -0.4 is 9.47 Å². The second-order valence-corrected chi connectivity index (χ2v) is 8.93. The van der Waals surface area contributed by atoms with E-state index < -0.39 is 0 Å². The van der Waals surface area contributed by atoms with Crippen LogP contribution in [0.15, 0.2) is 72.8 Å². The zero-order valence-electron chi connectivity index (χ0n) is 18.0. The highest BCUT2D eigenvalue weighted by Crippen LogP contribution is 2.41. The summed E-state index contributed by atoms with van der Waals surface area (Å²) >= 11 is 7.21. The molecule has 2 unspecified atom stereocenters. The van der Waals surface area contributed by atoms with Gasteiger partial charge in [-0.3, -0.25) is 4.79 Å². The van der Waals surface area contributed by atoms with Crippen molar-refractivity contribution in [2.24, 2.45) is 0 Å². The first-order valence-corrected chi connectivity index (χ1v) is 12.7. The van der Waals surface area contributed by atoms with Gasteiger partial charge >= 0.3 is 0 Å². The van der Waals surface area contributed by atoms with Crippen LogP contribution in [0.4, 0.5) is 0 Å². The van der Waals surface area contributed by atoms with E-state index in [1.807, 2.05) is 60.7 Å². The van der Waals surface area contributed by atoms with Crippen LogP contribution in [-0.4, -0.2) is 30.7 Å². The van der Waals surface area contributed by atoms with Crippen LogP contribution in [0.3, 0.4) is 0 Å². The molecule has 0 N–H and O–H groups in total. The van der Waals surface area contributed by atoms with Crippen molar-refractivity contribution in [3.63, 3.8) is 0 Å². The van der Waals surface area contributed by atoms with Crippen molar-refractivity contribution < 1.29 is 14.3 Å². The molecule has 164 valence electrons. The molecule has 5 heteroatoms. The molecule has 0 saturated carbocycles. The van der Waals surface area contributed by atoms with Gasteiger partial charge in [0.1, 0.15) is 17.3 Å². The van der Waals surface area contributed by atoms with Gasteiger partial charge in [-0.05, 0) is 10.8 Å². The molecule has 32 heavy (non-hydrogen) atoms. The molecular weight excluding hydrogens is 532 g/mol. The molecule has 4 rings (SSSR count). The number of methoxy groups -OCH3 is 2. The van der Waals surface area contributed by atoms with Crippen molar-refractivity contribution in [2.45, 2.75) is 11.8 Å². The van der Waals surface area contributed by atoms with E-state index in [4.69, 9.17) is 9.47 Å². The molecular formula is C27H24Br2O3. The molecule has 2 atom stereocenters. The van der Waals surface area contributed by atoms with Gasteiger partial charge in [-0.2, -0.15) is 0 Å². The van der Waals surface area contributed by atoms with Crippen molar-refractivity contribution in [1.29, 1.82) is 0 Å². The molecule has 3 nitrogen and oxygen atoms in total. The molecule has 0 aliphatic rings. The van der Waals surface area contributed by atoms with E-state index in [1.165, 1.54) is 0 Å². The van der Waals surface area contributed by atoms with Crippen molar-refractivity contribution in [1.82, 2.24) is 0 Å². The first-order valence-electron chi connectivity index (χ1n) is 10.4. The predicted octanol–water partition coefficient (Wildman–Crippen LogP) is 7.24. The van der Waals surface area contributed by atoms with Gasteiger partial charge in [-0.15, -0.1) is 0 Å². The first-order chi connectivity index (χ1) is 15.6. The molecule has 0 fully saturated rings. The zero-order chi connectivity index (χ0) is 22.7. The second-order valence-electron chi connectivity index (χ2n) is 7.63. The summed E-state index contributed by atoms with van der Waals surface area (Å²) in [5.74, 6) is 0.877. The topological polar surface area (TPSA) is 35.5 Å². The van der Waals surface area contributed by atoms with Crippen LogP contribution in [0.1, 0.15) is 23.0 Å². The average Bonchev–Trinajstić information content (AvgIpc) is 2.84. The standard InChI is InChI=1S/C27H24Br2O3/c1-31-26-19-9-5-3-7-17(19)11-13-21(26)23(15-28)25(30)24(16-29)22-14-12-18-8-4-6-10-20(18)27(22)32-2/h3-14,23-24H,15-16H2,1-2H3. The Balaban J connectivity index is 1.82. The van der Waals surface area contributed by atoms with Crippen LogP contribution in [0, 0.1) is 0 Å². The number of carbonyl (C=O) groups is 1. The molecule has 0 aliphatic carbocycles. The monoisotopic (exact) mass is 554 g/mol. The molecule has 0 spiro atoms. The van der Waals surface area contributed by atoms with E-state index in [9.17, 15) is 4.79 Å². The molecule has 0 aliphatic heterocycles. The number of hydrogen-bond acceptors (Lipinski definition) is 3. The number of Topliss-reactive ketones (excluding diaryl/α,β-unsaturated/α-hetero) is 1. The number of ether oxygens (including phenoxy) is 2. The lowest BCUT2D eigenvalue weighted by Crippen LogP contribution is -2.24. The number of carbonyl (C=O) groups excluding carboxylic acids is 1. The summed E-state index contributed by atoms with van der Waals surface area (Å²) in [7, 11) is 3.32. The Kier molecular flexibility index (Phi) is 7.17. The minimum Gasteiger partial charge on any atom is -0.496 e. The van der Waals surface area contributed by atoms with Crippen LogP contribution in [-0.2, 0) is 4.79 Å². The number of alkyl halides is 2. The van der Waals surface area contributed by atoms with Crippen LogP contribution >= 0.6 is 31.9 Å². The third-order valence-electron chi connectivity index (χ3n) is 5.97. The fraction of sp³-hybridized carbons (Fsp3) is 0.222. The number of fused-ring (bicyclic) bond motifs is 2. The van der Waals surface area contributed by atoms with Crippen molar-refractivity contribution >= 4 is 59.2 Å². The van der Waals surface area contributed by atoms with E-state index >= 15 is 0 Å². The molecule has 4 aromatic rings. The maximum atomic E-state index is 13.9. The summed E-state index contributed by atoms with van der Waals surface area (Å²) in [4.78, 5) is 13.9. The maximum absolute atomic E-state index is 13.9. The molecule has 0 radical (unpaired) electrons. The van der Waals surface area contributed by atoms with Gasteiger partial charge in [0.25, 0.3) is 0 Å². The Hall–Kier alpha value is -2.37. The van der Waals surface area contributed by atoms with Crippen LogP contribution in [0.2, 0.25) is 0 Å². The number of rotatable bonds is 8. The molecule has 0 bridgehead atoms. The zero-order valence-corrected chi connectivity index (χ0v) is 21.1. The lowest BCUT2D eigenvalue weighted by Gasteiger charge is -2.24. The second kappa shape index (κ2) is 10.1. The largest absolute Gasteiger partial charge is 0.496 e. The third kappa shape index (κ3) is 4.04. The summed E-state index contributed by atoms with van der Waals surface area (Å²) in [6, 6.07) is 24.3. The number of ketones is 1. The van der Waals surface area contributed by atoms with Crippen molar-refractivity contribution in [3.05, 3.63) is 83.9 Å². The van der Waals surface area contributed by atoms with E-state index in [0.717, 1.165) is 44.2 Å². The van der Waals surface area contributed by atoms with E-state index in [0.29, 0.717) is 10.7 Å². The van der Waals surface area contributed by atoms with Gasteiger partial charge < -0.3 is 9.47 Å². The summed E-state index contributed by atoms with van der Waals surface area (Å²) in [6.45, 7) is 0.